The number of ether oxygens (including phenoxy) is 1. The summed E-state index contributed by atoms with van der Waals surface area (Å²) in [5.41, 5.74) is 1.08. The lowest BCUT2D eigenvalue weighted by atomic mass is 10.3. The van der Waals surface area contributed by atoms with Crippen molar-refractivity contribution < 1.29 is 9.53 Å². The molecule has 2 aromatic heterocycles. The van der Waals surface area contributed by atoms with E-state index >= 15 is 0 Å². The number of esters is 1. The highest BCUT2D eigenvalue weighted by Crippen LogP contribution is 2.11. The molecule has 0 spiro atoms. The predicted molar refractivity (Wildman–Crippen MR) is 77.2 cm³/mol. The van der Waals surface area contributed by atoms with Crippen molar-refractivity contribution in [3.8, 4) is 6.07 Å². The van der Waals surface area contributed by atoms with Gasteiger partial charge in [-0.3, -0.25) is 0 Å². The number of carbonyl (C=O) groups excluding carboxylic acids is 1. The molecular weight excluding hydrogens is 290 g/mol. The first-order valence-corrected chi connectivity index (χ1v) is 6.92. The van der Waals surface area contributed by atoms with Gasteiger partial charge in [0.25, 0.3) is 0 Å². The smallest absolute Gasteiger partial charge is 0.351 e. The molecule has 0 bridgehead atoms. The maximum atomic E-state index is 11.8. The third kappa shape index (κ3) is 3.73. The molecule has 7 nitrogen and oxygen atoms in total. The van der Waals surface area contributed by atoms with E-state index in [-0.39, 0.29) is 6.61 Å². The molecule has 0 fully saturated rings. The van der Waals surface area contributed by atoms with Gasteiger partial charge in [-0.05, 0) is 30.6 Å². The van der Waals surface area contributed by atoms with Crippen molar-refractivity contribution in [3.05, 3.63) is 34.5 Å². The Morgan fingerprint density at radius 3 is 2.90 bits per heavy atom. The minimum absolute atomic E-state index is 0.231. The van der Waals surface area contributed by atoms with Gasteiger partial charge < -0.3 is 9.64 Å². The molecule has 0 unspecified atom stereocenters. The standard InChI is InChI=1S/C13H13N5O2S/c1-9-12(21-17-16-9)13(19)20-6-5-18(2)11-4-3-10(7-14)8-15-11/h3-4,8H,5-6H2,1-2H3. The summed E-state index contributed by atoms with van der Waals surface area (Å²) in [7, 11) is 1.84. The number of likely N-dealkylation sites (N-methyl/N-ethyl adjacent to an activating group) is 1. The highest BCUT2D eigenvalue weighted by Gasteiger charge is 2.14. The van der Waals surface area contributed by atoms with Crippen molar-refractivity contribution in [2.24, 2.45) is 0 Å². The quantitative estimate of drug-likeness (QED) is 0.771. The second kappa shape index (κ2) is 6.76. The molecule has 21 heavy (non-hydrogen) atoms. The van der Waals surface area contributed by atoms with E-state index in [0.29, 0.717) is 28.5 Å². The molecule has 0 saturated heterocycles. The normalized spacial score (nSPS) is 9.95. The van der Waals surface area contributed by atoms with Gasteiger partial charge in [-0.15, -0.1) is 5.10 Å². The molecule has 0 amide bonds. The number of pyridine rings is 1. The molecule has 2 heterocycles. The zero-order chi connectivity index (χ0) is 15.2. The Morgan fingerprint density at radius 1 is 1.52 bits per heavy atom. The molecule has 0 aromatic carbocycles. The first-order valence-electron chi connectivity index (χ1n) is 6.15. The van der Waals surface area contributed by atoms with Gasteiger partial charge in [0.2, 0.25) is 0 Å². The van der Waals surface area contributed by atoms with Crippen molar-refractivity contribution in [1.82, 2.24) is 14.6 Å². The van der Waals surface area contributed by atoms with Crippen LogP contribution in [0.4, 0.5) is 5.82 Å². The summed E-state index contributed by atoms with van der Waals surface area (Å²) in [5, 5.41) is 12.5. The first-order chi connectivity index (χ1) is 10.1. The number of carbonyl (C=O) groups is 1. The molecule has 0 atom stereocenters. The summed E-state index contributed by atoms with van der Waals surface area (Å²) in [5.74, 6) is 0.296. The second-order valence-corrected chi connectivity index (χ2v) is 5.02. The Kier molecular flexibility index (Phi) is 4.79. The van der Waals surface area contributed by atoms with Crippen LogP contribution < -0.4 is 4.90 Å². The van der Waals surface area contributed by atoms with E-state index in [1.165, 1.54) is 6.20 Å². The molecule has 8 heteroatoms. The highest BCUT2D eigenvalue weighted by molar-refractivity contribution is 7.07. The van der Waals surface area contributed by atoms with Crippen LogP contribution >= 0.6 is 11.5 Å². The van der Waals surface area contributed by atoms with Gasteiger partial charge in [0, 0.05) is 13.2 Å². The molecule has 2 aromatic rings. The van der Waals surface area contributed by atoms with Crippen molar-refractivity contribution in [1.29, 1.82) is 5.26 Å². The Hall–Kier alpha value is -2.53. The second-order valence-electron chi connectivity index (χ2n) is 4.26. The summed E-state index contributed by atoms with van der Waals surface area (Å²) in [6.45, 7) is 2.44. The fourth-order valence-electron chi connectivity index (χ4n) is 1.55. The van der Waals surface area contributed by atoms with Gasteiger partial charge in [0.05, 0.1) is 17.8 Å². The summed E-state index contributed by atoms with van der Waals surface area (Å²) >= 11 is 1.02. The fourth-order valence-corrected chi connectivity index (χ4v) is 2.10. The topological polar surface area (TPSA) is 92.0 Å². The Bertz CT molecular complexity index is 662. The molecule has 0 saturated carbocycles. The SMILES string of the molecule is Cc1nnsc1C(=O)OCCN(C)c1ccc(C#N)cn1. The minimum Gasteiger partial charge on any atom is -0.460 e. The van der Waals surface area contributed by atoms with Crippen molar-refractivity contribution in [2.45, 2.75) is 6.92 Å². The van der Waals surface area contributed by atoms with Crippen molar-refractivity contribution in [3.63, 3.8) is 0 Å². The van der Waals surface area contributed by atoms with Crippen molar-refractivity contribution >= 4 is 23.3 Å². The van der Waals surface area contributed by atoms with E-state index in [4.69, 9.17) is 10.00 Å². The summed E-state index contributed by atoms with van der Waals surface area (Å²) in [6.07, 6.45) is 1.50. The van der Waals surface area contributed by atoms with Gasteiger partial charge in [-0.1, -0.05) is 4.49 Å². The van der Waals surface area contributed by atoms with Crippen LogP contribution in [0.25, 0.3) is 0 Å². The van der Waals surface area contributed by atoms with E-state index in [1.54, 1.807) is 19.1 Å². The molecule has 0 aliphatic heterocycles. The number of hydrogen-bond acceptors (Lipinski definition) is 8. The Morgan fingerprint density at radius 2 is 2.33 bits per heavy atom. The number of anilines is 1. The zero-order valence-corrected chi connectivity index (χ0v) is 12.4. The number of nitrogens with zero attached hydrogens (tertiary/aromatic N) is 5. The van der Waals surface area contributed by atoms with Crippen LogP contribution in [0.2, 0.25) is 0 Å². The van der Waals surface area contributed by atoms with E-state index in [2.05, 4.69) is 14.6 Å². The number of nitriles is 1. The van der Waals surface area contributed by atoms with E-state index in [9.17, 15) is 4.79 Å². The van der Waals surface area contributed by atoms with Gasteiger partial charge in [0.15, 0.2) is 4.88 Å². The molecular formula is C13H13N5O2S. The monoisotopic (exact) mass is 303 g/mol. The summed E-state index contributed by atoms with van der Waals surface area (Å²) in [6, 6.07) is 5.45. The van der Waals surface area contributed by atoms with Crippen LogP contribution in [0.3, 0.4) is 0 Å². The molecule has 2 rings (SSSR count). The summed E-state index contributed by atoms with van der Waals surface area (Å²) in [4.78, 5) is 18.2. The lowest BCUT2D eigenvalue weighted by molar-refractivity contribution is 0.0520. The van der Waals surface area contributed by atoms with Crippen LogP contribution in [-0.4, -0.2) is 40.7 Å². The van der Waals surface area contributed by atoms with Crippen LogP contribution in [0.1, 0.15) is 20.9 Å². The molecule has 0 aliphatic rings. The minimum atomic E-state index is -0.413. The lowest BCUT2D eigenvalue weighted by Crippen LogP contribution is -2.24. The molecule has 0 aliphatic carbocycles. The summed E-state index contributed by atoms with van der Waals surface area (Å²) < 4.78 is 8.87. The Labute approximate surface area is 126 Å². The van der Waals surface area contributed by atoms with Gasteiger partial charge in [0.1, 0.15) is 18.5 Å². The van der Waals surface area contributed by atoms with Gasteiger partial charge >= 0.3 is 5.97 Å². The fraction of sp³-hybridized carbons (Fsp3) is 0.308. The highest BCUT2D eigenvalue weighted by atomic mass is 32.1. The van der Waals surface area contributed by atoms with E-state index in [1.807, 2.05) is 18.0 Å². The maximum Gasteiger partial charge on any atom is 0.351 e. The van der Waals surface area contributed by atoms with Gasteiger partial charge in [-0.2, -0.15) is 5.26 Å². The largest absolute Gasteiger partial charge is 0.460 e. The van der Waals surface area contributed by atoms with Gasteiger partial charge in [-0.25, -0.2) is 9.78 Å². The zero-order valence-electron chi connectivity index (χ0n) is 11.6. The number of aryl methyl sites for hydroxylation is 1. The van der Waals surface area contributed by atoms with Crippen molar-refractivity contribution in [2.75, 3.05) is 25.1 Å². The first kappa shape index (κ1) is 14.9. The van der Waals surface area contributed by atoms with Crippen LogP contribution in [0.15, 0.2) is 18.3 Å². The maximum absolute atomic E-state index is 11.8. The third-order valence-corrected chi connectivity index (χ3v) is 3.57. The van der Waals surface area contributed by atoms with Crippen LogP contribution in [0, 0.1) is 18.3 Å². The third-order valence-electron chi connectivity index (χ3n) is 2.76. The Balaban J connectivity index is 1.84. The van der Waals surface area contributed by atoms with Crippen LogP contribution in [0.5, 0.6) is 0 Å². The average Bonchev–Trinajstić information content (AvgIpc) is 2.93. The lowest BCUT2D eigenvalue weighted by Gasteiger charge is -2.17. The number of rotatable bonds is 5. The average molecular weight is 303 g/mol. The molecule has 0 N–H and O–H groups in total. The van der Waals surface area contributed by atoms with E-state index in [0.717, 1.165) is 11.5 Å². The molecule has 108 valence electrons. The predicted octanol–water partition coefficient (Wildman–Crippen LogP) is 1.41. The number of hydrogen-bond donors (Lipinski definition) is 0. The number of aromatic nitrogens is 3. The van der Waals surface area contributed by atoms with Crippen LogP contribution in [-0.2, 0) is 4.74 Å². The van der Waals surface area contributed by atoms with E-state index < -0.39 is 5.97 Å². The molecule has 0 radical (unpaired) electrons.